The number of aryl methyl sites for hydroxylation is 1. The summed E-state index contributed by atoms with van der Waals surface area (Å²) in [4.78, 5) is 4.39. The molecular weight excluding hydrogens is 238 g/mol. The molecule has 1 aromatic carbocycles. The molecule has 2 N–H and O–H groups in total. The van der Waals surface area contributed by atoms with Crippen LogP contribution in [0.4, 0.5) is 0 Å². The van der Waals surface area contributed by atoms with Crippen molar-refractivity contribution < 1.29 is 4.52 Å². The third-order valence-electron chi connectivity index (χ3n) is 3.12. The van der Waals surface area contributed by atoms with Gasteiger partial charge < -0.3 is 10.3 Å². The van der Waals surface area contributed by atoms with Crippen LogP contribution < -0.4 is 5.73 Å². The van der Waals surface area contributed by atoms with Gasteiger partial charge in [-0.15, -0.1) is 0 Å². The summed E-state index contributed by atoms with van der Waals surface area (Å²) in [6.07, 6.45) is 1.59. The summed E-state index contributed by atoms with van der Waals surface area (Å²) < 4.78 is 5.23. The first-order valence-corrected chi connectivity index (χ1v) is 6.74. The van der Waals surface area contributed by atoms with Crippen molar-refractivity contribution in [1.82, 2.24) is 10.1 Å². The van der Waals surface area contributed by atoms with Crippen LogP contribution in [0.1, 0.15) is 44.6 Å². The minimum Gasteiger partial charge on any atom is -0.339 e. The highest BCUT2D eigenvalue weighted by Gasteiger charge is 2.09. The molecular formula is C15H21N3O. The molecule has 2 rings (SSSR count). The molecule has 0 saturated carbocycles. The van der Waals surface area contributed by atoms with Crippen LogP contribution in [0, 0.1) is 0 Å². The molecule has 102 valence electrons. The number of hydrogen-bond donors (Lipinski definition) is 1. The molecule has 4 heteroatoms. The molecule has 0 radical (unpaired) electrons. The predicted molar refractivity (Wildman–Crippen MR) is 75.8 cm³/mol. The Morgan fingerprint density at radius 2 is 1.84 bits per heavy atom. The minimum atomic E-state index is 0.153. The Morgan fingerprint density at radius 3 is 2.42 bits per heavy atom. The predicted octanol–water partition coefficient (Wildman–Crippen LogP) is 3.14. The fraction of sp³-hybridized carbons (Fsp3) is 0.467. The third kappa shape index (κ3) is 3.64. The lowest BCUT2D eigenvalue weighted by Gasteiger charge is -2.04. The van der Waals surface area contributed by atoms with E-state index in [1.54, 1.807) is 0 Å². The maximum Gasteiger partial charge on any atom is 0.227 e. The SMILES string of the molecule is CC(N)CCc1nc(-c2ccc(C(C)C)cc2)no1. The minimum absolute atomic E-state index is 0.153. The molecule has 0 bridgehead atoms. The first-order valence-electron chi connectivity index (χ1n) is 6.74. The standard InChI is InChI=1S/C15H21N3O/c1-10(2)12-5-7-13(8-6-12)15-17-14(19-18-15)9-4-11(3)16/h5-8,10-11H,4,9,16H2,1-3H3. The summed E-state index contributed by atoms with van der Waals surface area (Å²) >= 11 is 0. The summed E-state index contributed by atoms with van der Waals surface area (Å²) in [6, 6.07) is 8.45. The summed E-state index contributed by atoms with van der Waals surface area (Å²) in [5.41, 5.74) is 8.01. The number of benzene rings is 1. The monoisotopic (exact) mass is 259 g/mol. The first-order chi connectivity index (χ1) is 9.06. The van der Waals surface area contributed by atoms with Crippen molar-refractivity contribution in [3.63, 3.8) is 0 Å². The van der Waals surface area contributed by atoms with E-state index < -0.39 is 0 Å². The summed E-state index contributed by atoms with van der Waals surface area (Å²) in [7, 11) is 0. The number of rotatable bonds is 5. The smallest absolute Gasteiger partial charge is 0.227 e. The molecule has 0 aliphatic rings. The average molecular weight is 259 g/mol. The van der Waals surface area contributed by atoms with Gasteiger partial charge in [0, 0.05) is 18.0 Å². The van der Waals surface area contributed by atoms with Crippen LogP contribution in [0.2, 0.25) is 0 Å². The third-order valence-corrected chi connectivity index (χ3v) is 3.12. The van der Waals surface area contributed by atoms with E-state index >= 15 is 0 Å². The lowest BCUT2D eigenvalue weighted by atomic mass is 10.0. The van der Waals surface area contributed by atoms with Crippen molar-refractivity contribution in [2.75, 3.05) is 0 Å². The molecule has 2 aromatic rings. The van der Waals surface area contributed by atoms with Crippen LogP contribution in [-0.2, 0) is 6.42 Å². The van der Waals surface area contributed by atoms with Crippen LogP contribution in [0.3, 0.4) is 0 Å². The molecule has 4 nitrogen and oxygen atoms in total. The van der Waals surface area contributed by atoms with E-state index in [2.05, 4.69) is 36.1 Å². The van der Waals surface area contributed by atoms with E-state index in [1.165, 1.54) is 5.56 Å². The van der Waals surface area contributed by atoms with Crippen LogP contribution in [0.25, 0.3) is 11.4 Å². The van der Waals surface area contributed by atoms with E-state index in [0.717, 1.165) is 18.4 Å². The van der Waals surface area contributed by atoms with Gasteiger partial charge in [-0.25, -0.2) is 0 Å². The van der Waals surface area contributed by atoms with Gasteiger partial charge in [-0.3, -0.25) is 0 Å². The molecule has 1 atom stereocenters. The topological polar surface area (TPSA) is 64.9 Å². The summed E-state index contributed by atoms with van der Waals surface area (Å²) in [5, 5.41) is 4.01. The largest absolute Gasteiger partial charge is 0.339 e. The maximum absolute atomic E-state index is 5.71. The second-order valence-electron chi connectivity index (χ2n) is 5.30. The highest BCUT2D eigenvalue weighted by atomic mass is 16.5. The quantitative estimate of drug-likeness (QED) is 0.895. The normalized spacial score (nSPS) is 12.9. The first kappa shape index (κ1) is 13.7. The van der Waals surface area contributed by atoms with E-state index in [0.29, 0.717) is 17.6 Å². The van der Waals surface area contributed by atoms with Crippen molar-refractivity contribution in [1.29, 1.82) is 0 Å². The van der Waals surface area contributed by atoms with Crippen LogP contribution in [0.5, 0.6) is 0 Å². The average Bonchev–Trinajstić information content (AvgIpc) is 2.85. The van der Waals surface area contributed by atoms with Gasteiger partial charge in [0.05, 0.1) is 0 Å². The molecule has 0 saturated heterocycles. The Labute approximate surface area is 114 Å². The van der Waals surface area contributed by atoms with Crippen molar-refractivity contribution >= 4 is 0 Å². The number of nitrogens with zero attached hydrogens (tertiary/aromatic N) is 2. The zero-order chi connectivity index (χ0) is 13.8. The molecule has 19 heavy (non-hydrogen) atoms. The van der Waals surface area contributed by atoms with Crippen molar-refractivity contribution in [2.24, 2.45) is 5.73 Å². The Morgan fingerprint density at radius 1 is 1.16 bits per heavy atom. The Kier molecular flexibility index (Phi) is 4.32. The van der Waals surface area contributed by atoms with E-state index in [4.69, 9.17) is 10.3 Å². The van der Waals surface area contributed by atoms with Crippen LogP contribution in [-0.4, -0.2) is 16.2 Å². The van der Waals surface area contributed by atoms with Gasteiger partial charge >= 0.3 is 0 Å². The van der Waals surface area contributed by atoms with Gasteiger partial charge in [0.1, 0.15) is 0 Å². The maximum atomic E-state index is 5.71. The summed E-state index contributed by atoms with van der Waals surface area (Å²) in [5.74, 6) is 1.83. The lowest BCUT2D eigenvalue weighted by Crippen LogP contribution is -2.15. The van der Waals surface area contributed by atoms with Gasteiger partial charge in [0.25, 0.3) is 0 Å². The molecule has 1 unspecified atom stereocenters. The Balaban J connectivity index is 2.09. The van der Waals surface area contributed by atoms with Gasteiger partial charge in [-0.2, -0.15) is 4.98 Å². The Hall–Kier alpha value is -1.68. The van der Waals surface area contributed by atoms with Crippen molar-refractivity contribution in [3.8, 4) is 11.4 Å². The van der Waals surface area contributed by atoms with Crippen LogP contribution >= 0.6 is 0 Å². The molecule has 0 aliphatic heterocycles. The van der Waals surface area contributed by atoms with E-state index in [1.807, 2.05) is 19.1 Å². The molecule has 1 aromatic heterocycles. The van der Waals surface area contributed by atoms with Gasteiger partial charge in [0.2, 0.25) is 11.7 Å². The van der Waals surface area contributed by atoms with E-state index in [9.17, 15) is 0 Å². The van der Waals surface area contributed by atoms with Crippen molar-refractivity contribution in [3.05, 3.63) is 35.7 Å². The lowest BCUT2D eigenvalue weighted by molar-refractivity contribution is 0.372. The number of hydrogen-bond acceptors (Lipinski definition) is 4. The molecule has 0 fully saturated rings. The Bertz CT molecular complexity index is 514. The van der Waals surface area contributed by atoms with Gasteiger partial charge in [0.15, 0.2) is 0 Å². The second kappa shape index (κ2) is 5.97. The fourth-order valence-corrected chi connectivity index (χ4v) is 1.84. The highest BCUT2D eigenvalue weighted by Crippen LogP contribution is 2.20. The number of aromatic nitrogens is 2. The molecule has 1 heterocycles. The number of nitrogens with two attached hydrogens (primary N) is 1. The van der Waals surface area contributed by atoms with Gasteiger partial charge in [-0.1, -0.05) is 43.3 Å². The zero-order valence-electron chi connectivity index (χ0n) is 11.8. The van der Waals surface area contributed by atoms with E-state index in [-0.39, 0.29) is 6.04 Å². The molecule has 0 amide bonds. The summed E-state index contributed by atoms with van der Waals surface area (Å²) in [6.45, 7) is 6.33. The van der Waals surface area contributed by atoms with Crippen molar-refractivity contribution in [2.45, 2.75) is 45.6 Å². The van der Waals surface area contributed by atoms with Gasteiger partial charge in [-0.05, 0) is 24.8 Å². The second-order valence-corrected chi connectivity index (χ2v) is 5.30. The van der Waals surface area contributed by atoms with Crippen LogP contribution in [0.15, 0.2) is 28.8 Å². The molecule has 0 spiro atoms. The molecule has 0 aliphatic carbocycles. The zero-order valence-corrected chi connectivity index (χ0v) is 11.8. The fourth-order valence-electron chi connectivity index (χ4n) is 1.84. The highest BCUT2D eigenvalue weighted by molar-refractivity contribution is 5.54.